The van der Waals surface area contributed by atoms with Crippen molar-refractivity contribution in [1.29, 1.82) is 0 Å². The van der Waals surface area contributed by atoms with E-state index >= 15 is 0 Å². The minimum Gasteiger partial charge on any atom is -0.392 e. The van der Waals surface area contributed by atoms with Gasteiger partial charge in [0.25, 0.3) is 0 Å². The molecule has 1 N–H and O–H groups in total. The molecule has 1 aliphatic rings. The summed E-state index contributed by atoms with van der Waals surface area (Å²) in [6.45, 7) is 4.86. The number of methoxy groups -OCH3 is 1. The number of nitrogens with zero attached hydrogens (tertiary/aromatic N) is 1. The lowest BCUT2D eigenvalue weighted by atomic mass is 10.2. The second-order valence-corrected chi connectivity index (χ2v) is 3.47. The van der Waals surface area contributed by atoms with Crippen molar-refractivity contribution in [2.45, 2.75) is 32.0 Å². The van der Waals surface area contributed by atoms with Gasteiger partial charge in [-0.15, -0.1) is 0 Å². The van der Waals surface area contributed by atoms with Crippen molar-refractivity contribution >= 4 is 0 Å². The Balaban J connectivity index is 2.18. The molecule has 1 rings (SSSR count). The Morgan fingerprint density at radius 3 is 2.92 bits per heavy atom. The fourth-order valence-electron chi connectivity index (χ4n) is 1.58. The quantitative estimate of drug-likeness (QED) is 0.671. The molecule has 2 unspecified atom stereocenters. The van der Waals surface area contributed by atoms with Gasteiger partial charge >= 0.3 is 0 Å². The Morgan fingerprint density at radius 2 is 2.42 bits per heavy atom. The summed E-state index contributed by atoms with van der Waals surface area (Å²) >= 11 is 0. The lowest BCUT2D eigenvalue weighted by Crippen LogP contribution is -2.31. The number of ether oxygens (including phenoxy) is 1. The van der Waals surface area contributed by atoms with Crippen molar-refractivity contribution in [3.05, 3.63) is 0 Å². The van der Waals surface area contributed by atoms with Crippen molar-refractivity contribution in [1.82, 2.24) is 4.90 Å². The predicted molar refractivity (Wildman–Crippen MR) is 48.2 cm³/mol. The molecule has 1 fully saturated rings. The summed E-state index contributed by atoms with van der Waals surface area (Å²) < 4.78 is 5.23. The highest BCUT2D eigenvalue weighted by Crippen LogP contribution is 2.12. The molecule has 12 heavy (non-hydrogen) atoms. The van der Waals surface area contributed by atoms with Crippen LogP contribution in [0.15, 0.2) is 0 Å². The standard InChI is InChI=1S/C9H19NO2/c1-3-8(11)6-10-5-4-9(7-10)12-2/h8-9,11H,3-7H2,1-2H3. The molecule has 1 aliphatic heterocycles. The number of aliphatic hydroxyl groups is 1. The summed E-state index contributed by atoms with van der Waals surface area (Å²) in [5.41, 5.74) is 0. The van der Waals surface area contributed by atoms with E-state index in [1.54, 1.807) is 7.11 Å². The Bertz CT molecular complexity index is 130. The summed E-state index contributed by atoms with van der Waals surface area (Å²) in [6.07, 6.45) is 2.16. The predicted octanol–water partition coefficient (Wildman–Crippen LogP) is 0.478. The zero-order valence-corrected chi connectivity index (χ0v) is 7.99. The van der Waals surface area contributed by atoms with Gasteiger partial charge in [0.05, 0.1) is 12.2 Å². The van der Waals surface area contributed by atoms with E-state index in [1.807, 2.05) is 6.92 Å². The van der Waals surface area contributed by atoms with E-state index in [9.17, 15) is 5.11 Å². The minimum absolute atomic E-state index is 0.166. The van der Waals surface area contributed by atoms with Crippen molar-refractivity contribution in [3.8, 4) is 0 Å². The molecule has 72 valence electrons. The first-order valence-electron chi connectivity index (χ1n) is 4.69. The molecule has 0 aromatic heterocycles. The SMILES string of the molecule is CCC(O)CN1CCC(OC)C1. The molecule has 0 aromatic carbocycles. The van der Waals surface area contributed by atoms with Gasteiger partial charge in [-0.1, -0.05) is 6.92 Å². The molecular formula is C9H19NO2. The smallest absolute Gasteiger partial charge is 0.0710 e. The molecule has 0 bridgehead atoms. The van der Waals surface area contributed by atoms with Gasteiger partial charge in [-0.05, 0) is 12.8 Å². The molecule has 3 heteroatoms. The number of hydrogen-bond acceptors (Lipinski definition) is 3. The van der Waals surface area contributed by atoms with Gasteiger partial charge in [0.1, 0.15) is 0 Å². The number of β-amino-alcohol motifs (C(OH)–C–C–N with tert-alkyl or cyclic N) is 1. The normalized spacial score (nSPS) is 27.8. The Kier molecular flexibility index (Phi) is 3.98. The average Bonchev–Trinajstić information content (AvgIpc) is 2.52. The number of likely N-dealkylation sites (tertiary alicyclic amines) is 1. The van der Waals surface area contributed by atoms with E-state index in [0.717, 1.165) is 32.5 Å². The van der Waals surface area contributed by atoms with Gasteiger partial charge in [-0.3, -0.25) is 4.90 Å². The Labute approximate surface area is 74.3 Å². The lowest BCUT2D eigenvalue weighted by molar-refractivity contribution is 0.0886. The van der Waals surface area contributed by atoms with E-state index in [0.29, 0.717) is 6.10 Å². The summed E-state index contributed by atoms with van der Waals surface area (Å²) in [5, 5.41) is 9.39. The topological polar surface area (TPSA) is 32.7 Å². The Morgan fingerprint density at radius 1 is 1.67 bits per heavy atom. The van der Waals surface area contributed by atoms with E-state index in [1.165, 1.54) is 0 Å². The van der Waals surface area contributed by atoms with Gasteiger partial charge in [0, 0.05) is 26.7 Å². The molecular weight excluding hydrogens is 154 g/mol. The van der Waals surface area contributed by atoms with E-state index in [4.69, 9.17) is 4.74 Å². The molecule has 0 saturated carbocycles. The molecule has 3 nitrogen and oxygen atoms in total. The first-order chi connectivity index (χ1) is 5.76. The monoisotopic (exact) mass is 173 g/mol. The van der Waals surface area contributed by atoms with E-state index in [2.05, 4.69) is 4.90 Å². The maximum atomic E-state index is 9.39. The Hall–Kier alpha value is -0.120. The molecule has 0 amide bonds. The summed E-state index contributed by atoms with van der Waals surface area (Å²) in [7, 11) is 1.75. The summed E-state index contributed by atoms with van der Waals surface area (Å²) in [6, 6.07) is 0. The zero-order valence-electron chi connectivity index (χ0n) is 7.99. The van der Waals surface area contributed by atoms with Gasteiger partial charge in [-0.25, -0.2) is 0 Å². The van der Waals surface area contributed by atoms with Gasteiger partial charge in [0.2, 0.25) is 0 Å². The first kappa shape index (κ1) is 9.96. The zero-order chi connectivity index (χ0) is 8.97. The van der Waals surface area contributed by atoms with Crippen molar-refractivity contribution in [2.24, 2.45) is 0 Å². The van der Waals surface area contributed by atoms with E-state index in [-0.39, 0.29) is 6.10 Å². The third-order valence-corrected chi connectivity index (χ3v) is 2.50. The van der Waals surface area contributed by atoms with Crippen LogP contribution in [0.2, 0.25) is 0 Å². The highest BCUT2D eigenvalue weighted by molar-refractivity contribution is 4.77. The molecule has 2 atom stereocenters. The fourth-order valence-corrected chi connectivity index (χ4v) is 1.58. The maximum Gasteiger partial charge on any atom is 0.0710 e. The first-order valence-corrected chi connectivity index (χ1v) is 4.69. The van der Waals surface area contributed by atoms with Crippen LogP contribution in [0.3, 0.4) is 0 Å². The summed E-state index contributed by atoms with van der Waals surface area (Å²) in [4.78, 5) is 2.27. The largest absolute Gasteiger partial charge is 0.392 e. The van der Waals surface area contributed by atoms with Crippen molar-refractivity contribution in [2.75, 3.05) is 26.7 Å². The minimum atomic E-state index is -0.166. The molecule has 0 spiro atoms. The molecule has 1 saturated heterocycles. The highest BCUT2D eigenvalue weighted by atomic mass is 16.5. The van der Waals surface area contributed by atoms with Crippen LogP contribution in [-0.2, 0) is 4.74 Å². The van der Waals surface area contributed by atoms with Crippen LogP contribution in [0.25, 0.3) is 0 Å². The van der Waals surface area contributed by atoms with Crippen molar-refractivity contribution in [3.63, 3.8) is 0 Å². The molecule has 0 aromatic rings. The summed E-state index contributed by atoms with van der Waals surface area (Å²) in [5.74, 6) is 0. The highest BCUT2D eigenvalue weighted by Gasteiger charge is 2.22. The van der Waals surface area contributed by atoms with Crippen LogP contribution in [-0.4, -0.2) is 49.0 Å². The molecule has 1 heterocycles. The van der Waals surface area contributed by atoms with Crippen LogP contribution in [0.4, 0.5) is 0 Å². The maximum absolute atomic E-state index is 9.39. The van der Waals surface area contributed by atoms with Crippen LogP contribution in [0, 0.1) is 0 Å². The van der Waals surface area contributed by atoms with Gasteiger partial charge < -0.3 is 9.84 Å². The van der Waals surface area contributed by atoms with Crippen LogP contribution >= 0.6 is 0 Å². The lowest BCUT2D eigenvalue weighted by Gasteiger charge is -2.18. The number of rotatable bonds is 4. The van der Waals surface area contributed by atoms with Crippen LogP contribution in [0.1, 0.15) is 19.8 Å². The van der Waals surface area contributed by atoms with E-state index < -0.39 is 0 Å². The van der Waals surface area contributed by atoms with Crippen LogP contribution in [0.5, 0.6) is 0 Å². The number of aliphatic hydroxyl groups excluding tert-OH is 1. The van der Waals surface area contributed by atoms with Crippen molar-refractivity contribution < 1.29 is 9.84 Å². The third kappa shape index (κ3) is 2.73. The third-order valence-electron chi connectivity index (χ3n) is 2.50. The van der Waals surface area contributed by atoms with Crippen LogP contribution < -0.4 is 0 Å². The second-order valence-electron chi connectivity index (χ2n) is 3.47. The molecule has 0 radical (unpaired) electrons. The molecule has 0 aliphatic carbocycles. The fraction of sp³-hybridized carbons (Fsp3) is 1.00. The average molecular weight is 173 g/mol. The van der Waals surface area contributed by atoms with Gasteiger partial charge in [-0.2, -0.15) is 0 Å². The second kappa shape index (κ2) is 4.80. The number of hydrogen-bond donors (Lipinski definition) is 1. The van der Waals surface area contributed by atoms with Gasteiger partial charge in [0.15, 0.2) is 0 Å².